The van der Waals surface area contributed by atoms with Crippen molar-refractivity contribution in [1.82, 2.24) is 5.32 Å². The third-order valence-corrected chi connectivity index (χ3v) is 2.32. The van der Waals surface area contributed by atoms with Crippen molar-refractivity contribution in [2.24, 2.45) is 11.7 Å². The van der Waals surface area contributed by atoms with E-state index in [1.54, 1.807) is 0 Å². The van der Waals surface area contributed by atoms with Gasteiger partial charge in [-0.25, -0.2) is 0 Å². The number of aliphatic hydroxyl groups is 1. The van der Waals surface area contributed by atoms with Crippen LogP contribution in [0.1, 0.15) is 13.3 Å². The summed E-state index contributed by atoms with van der Waals surface area (Å²) < 4.78 is 0. The van der Waals surface area contributed by atoms with E-state index in [1.807, 2.05) is 6.92 Å². The fourth-order valence-electron chi connectivity index (χ4n) is 1.44. The number of hydrogen-bond donors (Lipinski definition) is 3. The molecule has 0 bridgehead atoms. The van der Waals surface area contributed by atoms with Gasteiger partial charge in [-0.2, -0.15) is 0 Å². The number of rotatable bonds is 1. The molecule has 1 rings (SSSR count). The highest BCUT2D eigenvalue weighted by Crippen LogP contribution is 2.21. The molecule has 0 aliphatic carbocycles. The Morgan fingerprint density at radius 1 is 1.80 bits per heavy atom. The average molecular weight is 144 g/mol. The fourth-order valence-corrected chi connectivity index (χ4v) is 1.44. The third kappa shape index (κ3) is 1.48. The molecule has 1 fully saturated rings. The lowest BCUT2D eigenvalue weighted by atomic mass is 9.84. The van der Waals surface area contributed by atoms with Crippen LogP contribution in [0.5, 0.6) is 0 Å². The van der Waals surface area contributed by atoms with Crippen LogP contribution in [0.4, 0.5) is 0 Å². The van der Waals surface area contributed by atoms with E-state index in [0.717, 1.165) is 13.0 Å². The standard InChI is InChI=1S/C7H16N2O/c1-7(10)5-9-3-2-6(7)4-8/h6,9-10H,2-5,8H2,1H3/t6-,7-/m0/s1. The summed E-state index contributed by atoms with van der Waals surface area (Å²) in [5.41, 5.74) is 4.90. The van der Waals surface area contributed by atoms with Gasteiger partial charge in [0.25, 0.3) is 0 Å². The molecular weight excluding hydrogens is 128 g/mol. The first kappa shape index (κ1) is 7.98. The molecule has 1 aliphatic heterocycles. The largest absolute Gasteiger partial charge is 0.389 e. The molecule has 0 aromatic heterocycles. The van der Waals surface area contributed by atoms with Gasteiger partial charge in [0, 0.05) is 12.5 Å². The van der Waals surface area contributed by atoms with Crippen molar-refractivity contribution in [3.8, 4) is 0 Å². The molecule has 0 aromatic carbocycles. The summed E-state index contributed by atoms with van der Waals surface area (Å²) in [5.74, 6) is 0.272. The molecule has 1 saturated heterocycles. The zero-order chi connectivity index (χ0) is 7.61. The first-order valence-electron chi connectivity index (χ1n) is 3.80. The maximum atomic E-state index is 9.69. The van der Waals surface area contributed by atoms with Crippen molar-refractivity contribution >= 4 is 0 Å². The summed E-state index contributed by atoms with van der Waals surface area (Å²) in [6, 6.07) is 0. The summed E-state index contributed by atoms with van der Waals surface area (Å²) in [7, 11) is 0. The molecule has 0 spiro atoms. The number of nitrogens with one attached hydrogen (secondary N) is 1. The Hall–Kier alpha value is -0.120. The van der Waals surface area contributed by atoms with Crippen LogP contribution >= 0.6 is 0 Å². The van der Waals surface area contributed by atoms with Crippen molar-refractivity contribution in [3.05, 3.63) is 0 Å². The predicted octanol–water partition coefficient (Wildman–Crippen LogP) is -0.694. The SMILES string of the molecule is C[C@]1(O)CNCC[C@H]1CN. The minimum absolute atomic E-state index is 0.272. The number of piperidine rings is 1. The van der Waals surface area contributed by atoms with Crippen LogP contribution in [0.15, 0.2) is 0 Å². The minimum atomic E-state index is -0.590. The highest BCUT2D eigenvalue weighted by atomic mass is 16.3. The molecular formula is C7H16N2O. The first-order chi connectivity index (χ1) is 4.67. The van der Waals surface area contributed by atoms with Crippen molar-refractivity contribution in [2.45, 2.75) is 18.9 Å². The van der Waals surface area contributed by atoms with Crippen LogP contribution in [0.25, 0.3) is 0 Å². The topological polar surface area (TPSA) is 58.3 Å². The molecule has 2 atom stereocenters. The van der Waals surface area contributed by atoms with E-state index in [-0.39, 0.29) is 5.92 Å². The van der Waals surface area contributed by atoms with Gasteiger partial charge in [-0.05, 0) is 26.4 Å². The minimum Gasteiger partial charge on any atom is -0.389 e. The maximum Gasteiger partial charge on any atom is 0.0784 e. The number of nitrogens with two attached hydrogens (primary N) is 1. The van der Waals surface area contributed by atoms with Gasteiger partial charge in [-0.1, -0.05) is 0 Å². The Bertz CT molecular complexity index is 114. The van der Waals surface area contributed by atoms with Gasteiger partial charge < -0.3 is 16.2 Å². The molecule has 0 unspecified atom stereocenters. The molecule has 4 N–H and O–H groups in total. The second-order valence-electron chi connectivity index (χ2n) is 3.26. The lowest BCUT2D eigenvalue weighted by Crippen LogP contribution is -2.52. The second-order valence-corrected chi connectivity index (χ2v) is 3.26. The molecule has 0 radical (unpaired) electrons. The fraction of sp³-hybridized carbons (Fsp3) is 1.00. The molecule has 10 heavy (non-hydrogen) atoms. The summed E-state index contributed by atoms with van der Waals surface area (Å²) >= 11 is 0. The van der Waals surface area contributed by atoms with Crippen molar-refractivity contribution < 1.29 is 5.11 Å². The Kier molecular flexibility index (Phi) is 2.28. The summed E-state index contributed by atoms with van der Waals surface area (Å²) in [5, 5.41) is 12.8. The molecule has 60 valence electrons. The number of hydrogen-bond acceptors (Lipinski definition) is 3. The van der Waals surface area contributed by atoms with Gasteiger partial charge in [0.2, 0.25) is 0 Å². The zero-order valence-corrected chi connectivity index (χ0v) is 6.43. The number of β-amino-alcohol motifs (C(OH)–C–C–N with tert-alkyl or cyclic N) is 1. The quantitative estimate of drug-likeness (QED) is 0.456. The Labute approximate surface area is 61.6 Å². The Morgan fingerprint density at radius 2 is 2.50 bits per heavy atom. The Balaban J connectivity index is 2.51. The second kappa shape index (κ2) is 2.86. The van der Waals surface area contributed by atoms with Crippen molar-refractivity contribution in [2.75, 3.05) is 19.6 Å². The summed E-state index contributed by atoms with van der Waals surface area (Å²) in [4.78, 5) is 0. The monoisotopic (exact) mass is 144 g/mol. The molecule has 1 heterocycles. The van der Waals surface area contributed by atoms with Crippen LogP contribution < -0.4 is 11.1 Å². The van der Waals surface area contributed by atoms with E-state index in [4.69, 9.17) is 5.73 Å². The van der Waals surface area contributed by atoms with Gasteiger partial charge in [0.15, 0.2) is 0 Å². The van der Waals surface area contributed by atoms with Crippen LogP contribution in [0.3, 0.4) is 0 Å². The van der Waals surface area contributed by atoms with E-state index in [1.165, 1.54) is 0 Å². The molecule has 0 aromatic rings. The molecule has 0 saturated carbocycles. The summed E-state index contributed by atoms with van der Waals surface area (Å²) in [6.07, 6.45) is 0.990. The Morgan fingerprint density at radius 3 is 2.90 bits per heavy atom. The van der Waals surface area contributed by atoms with E-state index in [9.17, 15) is 5.11 Å². The highest BCUT2D eigenvalue weighted by Gasteiger charge is 2.32. The third-order valence-electron chi connectivity index (χ3n) is 2.32. The van der Waals surface area contributed by atoms with Gasteiger partial charge >= 0.3 is 0 Å². The lowest BCUT2D eigenvalue weighted by Gasteiger charge is -2.36. The van der Waals surface area contributed by atoms with Crippen LogP contribution in [0.2, 0.25) is 0 Å². The van der Waals surface area contributed by atoms with E-state index < -0.39 is 5.60 Å². The van der Waals surface area contributed by atoms with Crippen LogP contribution in [-0.4, -0.2) is 30.3 Å². The van der Waals surface area contributed by atoms with E-state index in [2.05, 4.69) is 5.32 Å². The summed E-state index contributed by atoms with van der Waals surface area (Å²) in [6.45, 7) is 4.10. The van der Waals surface area contributed by atoms with Gasteiger partial charge in [0.1, 0.15) is 0 Å². The lowest BCUT2D eigenvalue weighted by molar-refractivity contribution is -0.0154. The van der Waals surface area contributed by atoms with E-state index in [0.29, 0.717) is 13.1 Å². The normalized spacial score (nSPS) is 41.7. The first-order valence-corrected chi connectivity index (χ1v) is 3.80. The molecule has 1 aliphatic rings. The highest BCUT2D eigenvalue weighted by molar-refractivity contribution is 4.88. The molecule has 0 amide bonds. The van der Waals surface area contributed by atoms with Gasteiger partial charge in [-0.15, -0.1) is 0 Å². The van der Waals surface area contributed by atoms with Gasteiger partial charge in [0.05, 0.1) is 5.60 Å². The predicted molar refractivity (Wildman–Crippen MR) is 40.7 cm³/mol. The molecule has 3 heteroatoms. The van der Waals surface area contributed by atoms with Crippen LogP contribution in [0, 0.1) is 5.92 Å². The van der Waals surface area contributed by atoms with E-state index >= 15 is 0 Å². The smallest absolute Gasteiger partial charge is 0.0784 e. The van der Waals surface area contributed by atoms with Crippen molar-refractivity contribution in [1.29, 1.82) is 0 Å². The molecule has 3 nitrogen and oxygen atoms in total. The van der Waals surface area contributed by atoms with Crippen molar-refractivity contribution in [3.63, 3.8) is 0 Å². The van der Waals surface area contributed by atoms with Gasteiger partial charge in [-0.3, -0.25) is 0 Å². The zero-order valence-electron chi connectivity index (χ0n) is 6.43. The maximum absolute atomic E-state index is 9.69. The average Bonchev–Trinajstić information content (AvgIpc) is 1.87. The van der Waals surface area contributed by atoms with Crippen LogP contribution in [-0.2, 0) is 0 Å².